The van der Waals surface area contributed by atoms with E-state index in [9.17, 15) is 4.79 Å². The number of nitrogens with zero attached hydrogens (tertiary/aromatic N) is 2. The molecule has 244 valence electrons. The first kappa shape index (κ1) is 31.2. The Hall–Kier alpha value is -3.45. The molecule has 1 N–H and O–H groups in total. The first-order valence-electron chi connectivity index (χ1n) is 17.0. The molecule has 1 amide bonds. The van der Waals surface area contributed by atoms with Crippen LogP contribution >= 0.6 is 11.6 Å². The van der Waals surface area contributed by atoms with Crippen LogP contribution in [0.2, 0.25) is 5.02 Å². The van der Waals surface area contributed by atoms with Crippen molar-refractivity contribution in [3.8, 4) is 17.2 Å². The number of halogens is 1. The van der Waals surface area contributed by atoms with Crippen molar-refractivity contribution in [1.29, 1.82) is 0 Å². The molecule has 1 saturated carbocycles. The van der Waals surface area contributed by atoms with E-state index in [1.807, 2.05) is 44.6 Å². The molecule has 1 aromatic heterocycles. The summed E-state index contributed by atoms with van der Waals surface area (Å²) >= 11 is 6.35. The highest BCUT2D eigenvalue weighted by molar-refractivity contribution is 6.30. The molecule has 0 unspecified atom stereocenters. The highest BCUT2D eigenvalue weighted by Crippen LogP contribution is 2.58. The summed E-state index contributed by atoms with van der Waals surface area (Å²) in [6.07, 6.45) is 10.6. The summed E-state index contributed by atoms with van der Waals surface area (Å²) in [7, 11) is 3.70. The number of amides is 1. The molecule has 1 fully saturated rings. The van der Waals surface area contributed by atoms with Crippen LogP contribution in [0.1, 0.15) is 87.1 Å². The van der Waals surface area contributed by atoms with Gasteiger partial charge in [0.2, 0.25) is 12.7 Å². The zero-order valence-electron chi connectivity index (χ0n) is 27.5. The molecule has 1 aliphatic heterocycles. The zero-order valence-corrected chi connectivity index (χ0v) is 28.3. The van der Waals surface area contributed by atoms with Gasteiger partial charge in [-0.3, -0.25) is 9.78 Å². The number of carbonyl (C=O) groups is 1. The Morgan fingerprint density at radius 3 is 2.67 bits per heavy atom. The third kappa shape index (κ3) is 5.59. The molecular formula is C38H46ClN3O4. The van der Waals surface area contributed by atoms with Crippen molar-refractivity contribution in [3.05, 3.63) is 76.1 Å². The lowest BCUT2D eigenvalue weighted by atomic mass is 9.59. The van der Waals surface area contributed by atoms with Crippen LogP contribution in [0.25, 0.3) is 0 Å². The van der Waals surface area contributed by atoms with Crippen LogP contribution in [0.4, 0.5) is 5.69 Å². The molecule has 8 heteroatoms. The monoisotopic (exact) mass is 643 g/mol. The van der Waals surface area contributed by atoms with Gasteiger partial charge in [-0.2, -0.15) is 0 Å². The van der Waals surface area contributed by atoms with Gasteiger partial charge in [-0.15, -0.1) is 0 Å². The lowest BCUT2D eigenvalue weighted by molar-refractivity contribution is -0.135. The second kappa shape index (κ2) is 12.3. The summed E-state index contributed by atoms with van der Waals surface area (Å²) in [6.45, 7) is 5.56. The molecule has 0 saturated heterocycles. The number of likely N-dealkylation sites (N-methyl/N-ethyl adjacent to an activating group) is 1. The van der Waals surface area contributed by atoms with E-state index in [2.05, 4.69) is 42.3 Å². The highest BCUT2D eigenvalue weighted by Gasteiger charge is 2.54. The molecule has 3 atom stereocenters. The van der Waals surface area contributed by atoms with Crippen LogP contribution in [0.3, 0.4) is 0 Å². The molecule has 1 spiro atoms. The Morgan fingerprint density at radius 2 is 1.91 bits per heavy atom. The number of benzene rings is 2. The van der Waals surface area contributed by atoms with Crippen molar-refractivity contribution in [1.82, 2.24) is 9.88 Å². The number of fused-ring (bicyclic) bond motifs is 4. The molecule has 3 aromatic rings. The van der Waals surface area contributed by atoms with Gasteiger partial charge >= 0.3 is 0 Å². The summed E-state index contributed by atoms with van der Waals surface area (Å²) in [6, 6.07) is 14.2. The fourth-order valence-electron chi connectivity index (χ4n) is 8.92. The Morgan fingerprint density at radius 1 is 1.13 bits per heavy atom. The summed E-state index contributed by atoms with van der Waals surface area (Å²) in [5.41, 5.74) is 5.37. The largest absolute Gasteiger partial charge is 0.493 e. The van der Waals surface area contributed by atoms with Gasteiger partial charge in [0.05, 0.1) is 6.61 Å². The highest BCUT2D eigenvalue weighted by atomic mass is 35.5. The van der Waals surface area contributed by atoms with Crippen LogP contribution in [-0.4, -0.2) is 48.8 Å². The number of anilines is 1. The minimum Gasteiger partial charge on any atom is -0.493 e. The first-order chi connectivity index (χ1) is 22.2. The number of hydrogen-bond donors (Lipinski definition) is 1. The lowest BCUT2D eigenvalue weighted by Gasteiger charge is -2.49. The maximum absolute atomic E-state index is 13.9. The summed E-state index contributed by atoms with van der Waals surface area (Å²) in [4.78, 5) is 20.3. The number of carbonyl (C=O) groups excluding carboxylic acids is 1. The van der Waals surface area contributed by atoms with E-state index in [-0.39, 0.29) is 18.1 Å². The fourth-order valence-corrected chi connectivity index (χ4v) is 9.11. The van der Waals surface area contributed by atoms with E-state index in [4.69, 9.17) is 25.8 Å². The molecule has 2 aromatic carbocycles. The second-order valence-electron chi connectivity index (χ2n) is 14.5. The van der Waals surface area contributed by atoms with Crippen molar-refractivity contribution < 1.29 is 19.0 Å². The first-order valence-corrected chi connectivity index (χ1v) is 17.3. The average molecular weight is 644 g/mol. The standard InChI is InChI=1S/C38H46ClN3O4/c1-24(22-44-32-11-16-40-31-10-5-7-25(2)35(31)32)17-27-18-26-19-33-34(46-23-45-33)21-30(26)37(27)12-14-38(15-13-37,36(43)42(3)4)41-29-9-6-8-28(39)20-29/h6,8-9,11,16,19-21,24-25,27,41H,5,7,10,12-15,17-18,22-23H2,1-4H3/t24-,25-,27+,37?,38?/m1/s1. The topological polar surface area (TPSA) is 72.9 Å². The van der Waals surface area contributed by atoms with Crippen molar-refractivity contribution in [3.63, 3.8) is 0 Å². The Bertz CT molecular complexity index is 1620. The zero-order chi connectivity index (χ0) is 32.1. The van der Waals surface area contributed by atoms with Crippen molar-refractivity contribution in [2.45, 2.75) is 88.5 Å². The Kier molecular flexibility index (Phi) is 8.33. The second-order valence-corrected chi connectivity index (χ2v) is 14.9. The SMILES string of the molecule is C[C@@H](COc1ccnc2c1[C@H](C)CCC2)C[C@H]1Cc2cc3c(cc2C12CCC(Nc1cccc(Cl)c1)(C(=O)N(C)C)CC2)OCO3. The van der Waals surface area contributed by atoms with E-state index in [0.717, 1.165) is 67.9 Å². The van der Waals surface area contributed by atoms with Crippen molar-refractivity contribution in [2.24, 2.45) is 11.8 Å². The molecule has 3 aliphatic carbocycles. The third-order valence-electron chi connectivity index (χ3n) is 11.2. The molecule has 7 nitrogen and oxygen atoms in total. The molecule has 0 bridgehead atoms. The number of aryl methyl sites for hydroxylation is 1. The number of hydrogen-bond acceptors (Lipinski definition) is 6. The lowest BCUT2D eigenvalue weighted by Crippen LogP contribution is -2.56. The average Bonchev–Trinajstić information content (AvgIpc) is 3.61. The van der Waals surface area contributed by atoms with Gasteiger partial charge in [0.25, 0.3) is 0 Å². The van der Waals surface area contributed by atoms with Crippen molar-refractivity contribution in [2.75, 3.05) is 32.8 Å². The molecule has 7 rings (SSSR count). The molecule has 4 aliphatic rings. The van der Waals surface area contributed by atoms with E-state index in [1.165, 1.54) is 35.2 Å². The maximum Gasteiger partial charge on any atom is 0.247 e. The van der Waals surface area contributed by atoms with E-state index >= 15 is 0 Å². The van der Waals surface area contributed by atoms with Crippen LogP contribution in [0.5, 0.6) is 17.2 Å². The minimum atomic E-state index is -0.699. The number of nitrogens with one attached hydrogen (secondary N) is 1. The quantitative estimate of drug-likeness (QED) is 0.269. The van der Waals surface area contributed by atoms with Gasteiger partial charge < -0.3 is 24.4 Å². The molecule has 0 radical (unpaired) electrons. The minimum absolute atomic E-state index is 0.0545. The fraction of sp³-hybridized carbons (Fsp3) is 0.526. The van der Waals surface area contributed by atoms with E-state index < -0.39 is 5.54 Å². The van der Waals surface area contributed by atoms with Gasteiger partial charge in [-0.1, -0.05) is 31.5 Å². The smallest absolute Gasteiger partial charge is 0.247 e. The van der Waals surface area contributed by atoms with E-state index in [0.29, 0.717) is 29.4 Å². The summed E-state index contributed by atoms with van der Waals surface area (Å²) in [5, 5.41) is 4.32. The van der Waals surface area contributed by atoms with Crippen LogP contribution in [0, 0.1) is 11.8 Å². The maximum atomic E-state index is 13.9. The summed E-state index contributed by atoms with van der Waals surface area (Å²) in [5.74, 6) is 4.07. The number of aromatic nitrogens is 1. The predicted octanol–water partition coefficient (Wildman–Crippen LogP) is 7.93. The van der Waals surface area contributed by atoms with Crippen LogP contribution < -0.4 is 19.5 Å². The number of pyridine rings is 1. The molecule has 2 heterocycles. The van der Waals surface area contributed by atoms with Gasteiger partial charge in [-0.05, 0) is 128 Å². The Balaban J connectivity index is 1.15. The van der Waals surface area contributed by atoms with Gasteiger partial charge in [0.1, 0.15) is 11.3 Å². The van der Waals surface area contributed by atoms with Gasteiger partial charge in [0.15, 0.2) is 11.5 Å². The Labute approximate surface area is 278 Å². The van der Waals surface area contributed by atoms with Crippen LogP contribution in [0.15, 0.2) is 48.7 Å². The normalized spacial score (nSPS) is 26.7. The molecule has 46 heavy (non-hydrogen) atoms. The number of ether oxygens (including phenoxy) is 3. The van der Waals surface area contributed by atoms with Crippen LogP contribution in [-0.2, 0) is 23.1 Å². The van der Waals surface area contributed by atoms with Gasteiger partial charge in [0, 0.05) is 42.3 Å². The number of rotatable bonds is 8. The summed E-state index contributed by atoms with van der Waals surface area (Å²) < 4.78 is 18.3. The van der Waals surface area contributed by atoms with Gasteiger partial charge in [-0.25, -0.2) is 0 Å². The van der Waals surface area contributed by atoms with E-state index in [1.54, 1.807) is 4.90 Å². The molecular weight excluding hydrogens is 598 g/mol. The third-order valence-corrected chi connectivity index (χ3v) is 11.4. The predicted molar refractivity (Wildman–Crippen MR) is 181 cm³/mol. The van der Waals surface area contributed by atoms with Crippen molar-refractivity contribution >= 4 is 23.2 Å².